The number of nitrogens with two attached hydrogens (primary N) is 1. The van der Waals surface area contributed by atoms with Crippen molar-refractivity contribution in [3.8, 4) is 0 Å². The normalized spacial score (nSPS) is 23.2. The fourth-order valence-corrected chi connectivity index (χ4v) is 3.12. The molecule has 1 aromatic carbocycles. The van der Waals surface area contributed by atoms with Gasteiger partial charge in [-0.15, -0.1) is 0 Å². The van der Waals surface area contributed by atoms with Gasteiger partial charge in [-0.2, -0.15) is 0 Å². The van der Waals surface area contributed by atoms with E-state index in [2.05, 4.69) is 24.4 Å². The zero-order valence-corrected chi connectivity index (χ0v) is 12.1. The summed E-state index contributed by atoms with van der Waals surface area (Å²) in [5, 5.41) is 3.12. The molecule has 0 spiro atoms. The van der Waals surface area contributed by atoms with Gasteiger partial charge in [-0.1, -0.05) is 30.5 Å². The Morgan fingerprint density at radius 3 is 2.32 bits per heavy atom. The van der Waals surface area contributed by atoms with Gasteiger partial charge in [0, 0.05) is 17.6 Å². The molecule has 19 heavy (non-hydrogen) atoms. The van der Waals surface area contributed by atoms with E-state index in [9.17, 15) is 4.79 Å². The Balaban J connectivity index is 2.16. The maximum atomic E-state index is 12.4. The third-order valence-corrected chi connectivity index (χ3v) is 4.04. The van der Waals surface area contributed by atoms with Crippen LogP contribution in [0.5, 0.6) is 0 Å². The fourth-order valence-electron chi connectivity index (χ4n) is 3.12. The molecule has 1 fully saturated rings. The van der Waals surface area contributed by atoms with Crippen molar-refractivity contribution >= 4 is 5.91 Å². The number of amides is 1. The van der Waals surface area contributed by atoms with Crippen molar-refractivity contribution in [3.63, 3.8) is 0 Å². The summed E-state index contributed by atoms with van der Waals surface area (Å²) in [4.78, 5) is 12.4. The first-order valence-electron chi connectivity index (χ1n) is 7.13. The van der Waals surface area contributed by atoms with E-state index in [1.807, 2.05) is 13.8 Å². The van der Waals surface area contributed by atoms with Crippen LogP contribution in [0.25, 0.3) is 0 Å². The summed E-state index contributed by atoms with van der Waals surface area (Å²) < 4.78 is 0. The topological polar surface area (TPSA) is 55.1 Å². The SMILES string of the molecule is Cc1cc(C)c(C(=O)NC2CCCCC2N)c(C)c1. The molecule has 1 aliphatic rings. The van der Waals surface area contributed by atoms with E-state index in [1.54, 1.807) is 0 Å². The number of hydrogen-bond donors (Lipinski definition) is 2. The predicted molar refractivity (Wildman–Crippen MR) is 78.4 cm³/mol. The standard InChI is InChI=1S/C16H24N2O/c1-10-8-11(2)15(12(3)9-10)16(19)18-14-7-5-4-6-13(14)17/h8-9,13-14H,4-7,17H2,1-3H3,(H,18,19). The first kappa shape index (κ1) is 14.1. The minimum absolute atomic E-state index is 0.0253. The van der Waals surface area contributed by atoms with Crippen molar-refractivity contribution in [3.05, 3.63) is 34.4 Å². The first-order valence-corrected chi connectivity index (χ1v) is 7.13. The summed E-state index contributed by atoms with van der Waals surface area (Å²) in [6, 6.07) is 4.34. The molecule has 0 aromatic heterocycles. The lowest BCUT2D eigenvalue weighted by atomic mass is 9.90. The molecule has 3 nitrogen and oxygen atoms in total. The summed E-state index contributed by atoms with van der Waals surface area (Å²) >= 11 is 0. The maximum absolute atomic E-state index is 12.4. The molecule has 3 N–H and O–H groups in total. The van der Waals surface area contributed by atoms with Gasteiger partial charge in [0.15, 0.2) is 0 Å². The highest BCUT2D eigenvalue weighted by molar-refractivity contribution is 5.97. The Morgan fingerprint density at radius 2 is 1.74 bits per heavy atom. The van der Waals surface area contributed by atoms with E-state index in [0.717, 1.165) is 36.0 Å². The zero-order valence-electron chi connectivity index (χ0n) is 12.1. The number of carbonyl (C=O) groups is 1. The third-order valence-electron chi connectivity index (χ3n) is 4.04. The van der Waals surface area contributed by atoms with Crippen molar-refractivity contribution in [1.29, 1.82) is 0 Å². The number of aryl methyl sites for hydroxylation is 3. The smallest absolute Gasteiger partial charge is 0.252 e. The molecule has 1 saturated carbocycles. The minimum atomic E-state index is 0.0253. The monoisotopic (exact) mass is 260 g/mol. The lowest BCUT2D eigenvalue weighted by Gasteiger charge is -2.29. The van der Waals surface area contributed by atoms with E-state index in [4.69, 9.17) is 5.73 Å². The number of benzene rings is 1. The van der Waals surface area contributed by atoms with Crippen LogP contribution < -0.4 is 11.1 Å². The molecule has 0 saturated heterocycles. The van der Waals surface area contributed by atoms with Crippen LogP contribution in [0.3, 0.4) is 0 Å². The summed E-state index contributed by atoms with van der Waals surface area (Å²) in [6.45, 7) is 6.05. The predicted octanol–water partition coefficient (Wildman–Crippen LogP) is 2.61. The van der Waals surface area contributed by atoms with E-state index in [-0.39, 0.29) is 18.0 Å². The quantitative estimate of drug-likeness (QED) is 0.859. The van der Waals surface area contributed by atoms with Crippen LogP contribution in [0.4, 0.5) is 0 Å². The molecular weight excluding hydrogens is 236 g/mol. The number of rotatable bonds is 2. The van der Waals surface area contributed by atoms with Crippen molar-refractivity contribution in [2.75, 3.05) is 0 Å². The highest BCUT2D eigenvalue weighted by Crippen LogP contribution is 2.20. The second kappa shape index (κ2) is 5.74. The van der Waals surface area contributed by atoms with Crippen LogP contribution in [0.1, 0.15) is 52.7 Å². The van der Waals surface area contributed by atoms with Gasteiger partial charge < -0.3 is 11.1 Å². The van der Waals surface area contributed by atoms with Gasteiger partial charge in [-0.05, 0) is 44.7 Å². The molecule has 0 heterocycles. The number of carbonyl (C=O) groups excluding carboxylic acids is 1. The van der Waals surface area contributed by atoms with E-state index in [0.29, 0.717) is 0 Å². The molecule has 1 aliphatic carbocycles. The Morgan fingerprint density at radius 1 is 1.16 bits per heavy atom. The number of nitrogens with one attached hydrogen (secondary N) is 1. The average Bonchev–Trinajstić information content (AvgIpc) is 2.30. The Hall–Kier alpha value is -1.35. The highest BCUT2D eigenvalue weighted by atomic mass is 16.1. The molecule has 2 rings (SSSR count). The van der Waals surface area contributed by atoms with Crippen molar-refractivity contribution < 1.29 is 4.79 Å². The van der Waals surface area contributed by atoms with E-state index >= 15 is 0 Å². The lowest BCUT2D eigenvalue weighted by Crippen LogP contribution is -2.49. The van der Waals surface area contributed by atoms with Gasteiger partial charge >= 0.3 is 0 Å². The second-order valence-electron chi connectivity index (χ2n) is 5.80. The first-order chi connectivity index (χ1) is 8.99. The molecule has 0 aliphatic heterocycles. The highest BCUT2D eigenvalue weighted by Gasteiger charge is 2.24. The molecule has 1 amide bonds. The maximum Gasteiger partial charge on any atom is 0.252 e. The van der Waals surface area contributed by atoms with Gasteiger partial charge in [0.2, 0.25) is 0 Å². The second-order valence-corrected chi connectivity index (χ2v) is 5.80. The molecule has 0 bridgehead atoms. The molecule has 2 unspecified atom stereocenters. The summed E-state index contributed by atoms with van der Waals surface area (Å²) in [5.74, 6) is 0.0253. The zero-order chi connectivity index (χ0) is 14.0. The summed E-state index contributed by atoms with van der Waals surface area (Å²) in [7, 11) is 0. The van der Waals surface area contributed by atoms with Gasteiger partial charge in [0.1, 0.15) is 0 Å². The van der Waals surface area contributed by atoms with Crippen LogP contribution in [0.2, 0.25) is 0 Å². The fraction of sp³-hybridized carbons (Fsp3) is 0.562. The molecule has 2 atom stereocenters. The van der Waals surface area contributed by atoms with E-state index < -0.39 is 0 Å². The van der Waals surface area contributed by atoms with Crippen LogP contribution in [-0.2, 0) is 0 Å². The van der Waals surface area contributed by atoms with Gasteiger partial charge in [-0.3, -0.25) is 4.79 Å². The Labute approximate surface area is 115 Å². The third kappa shape index (κ3) is 3.16. The molecule has 104 valence electrons. The summed E-state index contributed by atoms with van der Waals surface area (Å²) in [6.07, 6.45) is 4.34. The Kier molecular flexibility index (Phi) is 4.25. The van der Waals surface area contributed by atoms with Crippen molar-refractivity contribution in [2.24, 2.45) is 5.73 Å². The van der Waals surface area contributed by atoms with E-state index in [1.165, 1.54) is 12.0 Å². The van der Waals surface area contributed by atoms with Gasteiger partial charge in [-0.25, -0.2) is 0 Å². The van der Waals surface area contributed by atoms with Crippen LogP contribution >= 0.6 is 0 Å². The molecule has 3 heteroatoms. The Bertz CT molecular complexity index is 459. The molecule has 0 radical (unpaired) electrons. The van der Waals surface area contributed by atoms with Crippen molar-refractivity contribution in [1.82, 2.24) is 5.32 Å². The molecular formula is C16H24N2O. The van der Waals surface area contributed by atoms with Crippen LogP contribution in [0.15, 0.2) is 12.1 Å². The molecule has 1 aromatic rings. The average molecular weight is 260 g/mol. The largest absolute Gasteiger partial charge is 0.348 e. The number of hydrogen-bond acceptors (Lipinski definition) is 2. The van der Waals surface area contributed by atoms with Crippen LogP contribution in [-0.4, -0.2) is 18.0 Å². The van der Waals surface area contributed by atoms with Crippen molar-refractivity contribution in [2.45, 2.75) is 58.5 Å². The van der Waals surface area contributed by atoms with Gasteiger partial charge in [0.25, 0.3) is 5.91 Å². The van der Waals surface area contributed by atoms with Crippen LogP contribution in [0, 0.1) is 20.8 Å². The van der Waals surface area contributed by atoms with Gasteiger partial charge in [0.05, 0.1) is 0 Å². The summed E-state index contributed by atoms with van der Waals surface area (Å²) in [5.41, 5.74) is 10.2. The lowest BCUT2D eigenvalue weighted by molar-refractivity contribution is 0.0920. The minimum Gasteiger partial charge on any atom is -0.348 e.